The van der Waals surface area contributed by atoms with Gasteiger partial charge in [0.2, 0.25) is 0 Å². The average molecular weight is 268 g/mol. The van der Waals surface area contributed by atoms with E-state index < -0.39 is 0 Å². The summed E-state index contributed by atoms with van der Waals surface area (Å²) in [7, 11) is 3.58. The van der Waals surface area contributed by atoms with Gasteiger partial charge in [-0.2, -0.15) is 10.2 Å². The van der Waals surface area contributed by atoms with E-state index >= 15 is 0 Å². The van der Waals surface area contributed by atoms with Gasteiger partial charge in [-0.15, -0.1) is 0 Å². The Morgan fingerprint density at radius 2 is 2.00 bits per heavy atom. The largest absolute Gasteiger partial charge is 0.346 e. The highest BCUT2D eigenvalue weighted by Gasteiger charge is 2.14. The van der Waals surface area contributed by atoms with Crippen molar-refractivity contribution in [1.82, 2.24) is 24.9 Å². The van der Waals surface area contributed by atoms with Crippen LogP contribution in [0.15, 0.2) is 12.4 Å². The summed E-state index contributed by atoms with van der Waals surface area (Å²) in [6.07, 6.45) is 3.11. The monoisotopic (exact) mass is 267 g/mol. The number of hydrogen-bond acceptors (Lipinski definition) is 3. The van der Waals surface area contributed by atoms with Crippen molar-refractivity contribution >= 4 is 17.5 Å². The van der Waals surface area contributed by atoms with E-state index in [-0.39, 0.29) is 5.91 Å². The molecule has 0 aromatic carbocycles. The molecule has 6 nitrogen and oxygen atoms in total. The van der Waals surface area contributed by atoms with Crippen molar-refractivity contribution in [1.29, 1.82) is 0 Å². The lowest BCUT2D eigenvalue weighted by molar-refractivity contribution is 0.0949. The summed E-state index contributed by atoms with van der Waals surface area (Å²) < 4.78 is 3.30. The molecular weight excluding hydrogens is 254 g/mol. The molecule has 0 unspecified atom stereocenters. The predicted octanol–water partition coefficient (Wildman–Crippen LogP) is 1.05. The Balaban J connectivity index is 2.07. The van der Waals surface area contributed by atoms with Gasteiger partial charge in [-0.05, 0) is 6.92 Å². The summed E-state index contributed by atoms with van der Waals surface area (Å²) in [4.78, 5) is 12.0. The van der Waals surface area contributed by atoms with Gasteiger partial charge in [-0.1, -0.05) is 11.6 Å². The van der Waals surface area contributed by atoms with Crippen LogP contribution in [0.4, 0.5) is 0 Å². The lowest BCUT2D eigenvalue weighted by Crippen LogP contribution is -2.24. The summed E-state index contributed by atoms with van der Waals surface area (Å²) >= 11 is 5.96. The minimum Gasteiger partial charge on any atom is -0.346 e. The maximum Gasteiger partial charge on any atom is 0.255 e. The van der Waals surface area contributed by atoms with Crippen molar-refractivity contribution in [2.45, 2.75) is 13.5 Å². The lowest BCUT2D eigenvalue weighted by Gasteiger charge is -2.06. The van der Waals surface area contributed by atoms with Crippen molar-refractivity contribution in [3.8, 4) is 0 Å². The van der Waals surface area contributed by atoms with Crippen LogP contribution in [0, 0.1) is 6.92 Å². The van der Waals surface area contributed by atoms with Gasteiger partial charge in [0.25, 0.3) is 5.91 Å². The van der Waals surface area contributed by atoms with Crippen molar-refractivity contribution in [3.05, 3.63) is 34.4 Å². The molecule has 0 atom stereocenters. The van der Waals surface area contributed by atoms with Crippen LogP contribution in [0.1, 0.15) is 21.7 Å². The zero-order valence-electron chi connectivity index (χ0n) is 10.4. The number of rotatable bonds is 3. The standard InChI is InChI=1S/C11H14ClN5O/c1-7-8(4-14-16(7)2)11(18)13-6-10-9(12)5-15-17(10)3/h4-5H,6H2,1-3H3,(H,13,18). The maximum absolute atomic E-state index is 12.0. The molecule has 2 rings (SSSR count). The zero-order valence-corrected chi connectivity index (χ0v) is 11.2. The minimum atomic E-state index is -0.169. The third-order valence-electron chi connectivity index (χ3n) is 2.91. The number of carbonyl (C=O) groups is 1. The molecule has 1 N–H and O–H groups in total. The Hall–Kier alpha value is -1.82. The second-order valence-electron chi connectivity index (χ2n) is 4.01. The van der Waals surface area contributed by atoms with Gasteiger partial charge < -0.3 is 5.32 Å². The number of carbonyl (C=O) groups excluding carboxylic acids is 1. The molecule has 1 amide bonds. The fourth-order valence-corrected chi connectivity index (χ4v) is 1.85. The van der Waals surface area contributed by atoms with E-state index in [1.165, 1.54) is 0 Å². The van der Waals surface area contributed by atoms with Gasteiger partial charge in [0.15, 0.2) is 0 Å². The normalized spacial score (nSPS) is 10.7. The summed E-state index contributed by atoms with van der Waals surface area (Å²) in [6, 6.07) is 0. The fraction of sp³-hybridized carbons (Fsp3) is 0.364. The molecule has 0 radical (unpaired) electrons. The summed E-state index contributed by atoms with van der Waals surface area (Å²) in [5.74, 6) is -0.169. The Kier molecular flexibility index (Phi) is 3.38. The van der Waals surface area contributed by atoms with Crippen molar-refractivity contribution in [2.24, 2.45) is 14.1 Å². The number of aryl methyl sites for hydroxylation is 2. The smallest absolute Gasteiger partial charge is 0.255 e. The number of aromatic nitrogens is 4. The zero-order chi connectivity index (χ0) is 13.3. The van der Waals surface area contributed by atoms with Crippen LogP contribution in [0.25, 0.3) is 0 Å². The molecular formula is C11H14ClN5O. The van der Waals surface area contributed by atoms with E-state index in [1.54, 1.807) is 35.9 Å². The third kappa shape index (κ3) is 2.24. The molecule has 0 saturated carbocycles. The molecule has 18 heavy (non-hydrogen) atoms. The number of amides is 1. The first-order valence-corrected chi connectivity index (χ1v) is 5.81. The SMILES string of the molecule is Cc1c(C(=O)NCc2c(Cl)cnn2C)cnn1C. The molecule has 96 valence electrons. The summed E-state index contributed by atoms with van der Waals surface area (Å²) in [5.41, 5.74) is 2.16. The summed E-state index contributed by atoms with van der Waals surface area (Å²) in [6.45, 7) is 2.18. The predicted molar refractivity (Wildman–Crippen MR) is 67.3 cm³/mol. The van der Waals surface area contributed by atoms with E-state index in [0.717, 1.165) is 11.4 Å². The average Bonchev–Trinajstić information content (AvgIpc) is 2.82. The van der Waals surface area contributed by atoms with Crippen LogP contribution < -0.4 is 5.32 Å². The first-order valence-electron chi connectivity index (χ1n) is 5.44. The molecule has 0 aliphatic heterocycles. The number of nitrogens with one attached hydrogen (secondary N) is 1. The minimum absolute atomic E-state index is 0.169. The Bertz CT molecular complexity index is 567. The number of nitrogens with zero attached hydrogens (tertiary/aromatic N) is 4. The van der Waals surface area contributed by atoms with Crippen molar-refractivity contribution in [2.75, 3.05) is 0 Å². The fourth-order valence-electron chi connectivity index (χ4n) is 1.62. The molecule has 0 aliphatic carbocycles. The van der Waals surface area contributed by atoms with Crippen LogP contribution in [-0.2, 0) is 20.6 Å². The second kappa shape index (κ2) is 4.81. The third-order valence-corrected chi connectivity index (χ3v) is 3.22. The maximum atomic E-state index is 12.0. The molecule has 0 saturated heterocycles. The van der Waals surface area contributed by atoms with Gasteiger partial charge in [0.05, 0.1) is 35.2 Å². The first-order chi connectivity index (χ1) is 8.50. The van der Waals surface area contributed by atoms with Gasteiger partial charge in [-0.25, -0.2) is 0 Å². The molecule has 2 aromatic rings. The molecule has 2 heterocycles. The van der Waals surface area contributed by atoms with E-state index in [2.05, 4.69) is 15.5 Å². The Morgan fingerprint density at radius 3 is 2.50 bits per heavy atom. The highest BCUT2D eigenvalue weighted by Crippen LogP contribution is 2.14. The van der Waals surface area contributed by atoms with Gasteiger partial charge in [0, 0.05) is 19.8 Å². The van der Waals surface area contributed by atoms with Crippen LogP contribution in [0.5, 0.6) is 0 Å². The quantitative estimate of drug-likeness (QED) is 0.904. The van der Waals surface area contributed by atoms with Crippen molar-refractivity contribution in [3.63, 3.8) is 0 Å². The number of hydrogen-bond donors (Lipinski definition) is 1. The van der Waals surface area contributed by atoms with E-state index in [1.807, 2.05) is 6.92 Å². The molecule has 0 bridgehead atoms. The molecule has 7 heteroatoms. The van der Waals surface area contributed by atoms with Crippen LogP contribution in [-0.4, -0.2) is 25.5 Å². The van der Waals surface area contributed by atoms with E-state index in [9.17, 15) is 4.79 Å². The Morgan fingerprint density at radius 1 is 1.33 bits per heavy atom. The van der Waals surface area contributed by atoms with Gasteiger partial charge in [0.1, 0.15) is 0 Å². The number of halogens is 1. The lowest BCUT2D eigenvalue weighted by atomic mass is 10.2. The first kappa shape index (κ1) is 12.6. The Labute approximate surface area is 110 Å². The highest BCUT2D eigenvalue weighted by atomic mass is 35.5. The molecule has 0 aliphatic rings. The molecule has 0 fully saturated rings. The van der Waals surface area contributed by atoms with Crippen molar-refractivity contribution < 1.29 is 4.79 Å². The molecule has 0 spiro atoms. The van der Waals surface area contributed by atoms with E-state index in [0.29, 0.717) is 17.1 Å². The second-order valence-corrected chi connectivity index (χ2v) is 4.42. The van der Waals surface area contributed by atoms with Gasteiger partial charge in [-0.3, -0.25) is 14.2 Å². The topological polar surface area (TPSA) is 64.7 Å². The molecule has 2 aromatic heterocycles. The highest BCUT2D eigenvalue weighted by molar-refractivity contribution is 6.31. The summed E-state index contributed by atoms with van der Waals surface area (Å²) in [5, 5.41) is 11.4. The van der Waals surface area contributed by atoms with Crippen LogP contribution >= 0.6 is 11.6 Å². The van der Waals surface area contributed by atoms with Gasteiger partial charge >= 0.3 is 0 Å². The van der Waals surface area contributed by atoms with Crippen LogP contribution in [0.2, 0.25) is 5.02 Å². The van der Waals surface area contributed by atoms with E-state index in [4.69, 9.17) is 11.6 Å². The van der Waals surface area contributed by atoms with Crippen LogP contribution in [0.3, 0.4) is 0 Å².